The molecule has 0 aliphatic heterocycles. The van der Waals surface area contributed by atoms with Gasteiger partial charge >= 0.3 is 5.97 Å². The van der Waals surface area contributed by atoms with Crippen LogP contribution in [0.2, 0.25) is 0 Å². The molecule has 4 fully saturated rings. The lowest BCUT2D eigenvalue weighted by Crippen LogP contribution is -2.52. The second-order valence-electron chi connectivity index (χ2n) is 8.94. The first kappa shape index (κ1) is 18.7. The highest BCUT2D eigenvalue weighted by Crippen LogP contribution is 2.67. The number of allylic oxidation sites excluding steroid dienone is 1. The molecule has 7 atom stereocenters. The molecule has 25 heavy (non-hydrogen) atoms. The number of Topliss-reactive ketones (excluding diaryl/α,β-unsaturated/α-hetero) is 1. The SMILES string of the molecule is C=C1C(=O)[C@@]23CCC4C(CCC[C@@H]4C)C2CC[C@@H]1C3C.COC(C)=O. The molecule has 4 aliphatic rings. The monoisotopic (exact) mass is 346 g/mol. The molecule has 4 saturated carbocycles. The normalized spacial score (nSPS) is 45.0. The van der Waals surface area contributed by atoms with Crippen LogP contribution in [0.1, 0.15) is 65.7 Å². The average Bonchev–Trinajstić information content (AvgIpc) is 2.71. The van der Waals surface area contributed by atoms with Gasteiger partial charge in [-0.2, -0.15) is 0 Å². The van der Waals surface area contributed by atoms with Crippen LogP contribution < -0.4 is 0 Å². The lowest BCUT2D eigenvalue weighted by atomic mass is 9.47. The zero-order chi connectivity index (χ0) is 18.4. The van der Waals surface area contributed by atoms with Crippen LogP contribution in [-0.2, 0) is 14.3 Å². The van der Waals surface area contributed by atoms with E-state index in [-0.39, 0.29) is 11.4 Å². The van der Waals surface area contributed by atoms with Crippen molar-refractivity contribution in [2.24, 2.45) is 40.9 Å². The summed E-state index contributed by atoms with van der Waals surface area (Å²) in [6, 6.07) is 0. The second kappa shape index (κ2) is 6.89. The first-order valence-electron chi connectivity index (χ1n) is 10.1. The van der Waals surface area contributed by atoms with Crippen molar-refractivity contribution >= 4 is 11.8 Å². The highest BCUT2D eigenvalue weighted by molar-refractivity contribution is 6.03. The van der Waals surface area contributed by atoms with Crippen LogP contribution in [0, 0.1) is 40.9 Å². The number of carbonyl (C=O) groups is 2. The molecule has 0 amide bonds. The third-order valence-corrected chi connectivity index (χ3v) is 8.20. The molecule has 0 aromatic heterocycles. The fourth-order valence-electron chi connectivity index (χ4n) is 6.93. The van der Waals surface area contributed by atoms with E-state index in [1.807, 2.05) is 0 Å². The second-order valence-corrected chi connectivity index (χ2v) is 8.94. The number of ketones is 1. The summed E-state index contributed by atoms with van der Waals surface area (Å²) in [5.41, 5.74) is 1.00. The van der Waals surface area contributed by atoms with Gasteiger partial charge in [-0.15, -0.1) is 0 Å². The van der Waals surface area contributed by atoms with Crippen molar-refractivity contribution in [3.05, 3.63) is 12.2 Å². The number of esters is 1. The van der Waals surface area contributed by atoms with Crippen LogP contribution in [0.5, 0.6) is 0 Å². The Bertz CT molecular complexity index is 566. The van der Waals surface area contributed by atoms with Crippen molar-refractivity contribution in [1.82, 2.24) is 0 Å². The zero-order valence-electron chi connectivity index (χ0n) is 16.3. The minimum atomic E-state index is -0.245. The molecule has 140 valence electrons. The fraction of sp³-hybridized carbons (Fsp3) is 0.818. The van der Waals surface area contributed by atoms with Crippen molar-refractivity contribution in [1.29, 1.82) is 0 Å². The maximum absolute atomic E-state index is 13.0. The van der Waals surface area contributed by atoms with Gasteiger partial charge in [0.15, 0.2) is 5.78 Å². The molecule has 0 heterocycles. The molecule has 0 aromatic carbocycles. The number of hydrogen-bond donors (Lipinski definition) is 0. The minimum absolute atomic E-state index is 0.0121. The third-order valence-electron chi connectivity index (χ3n) is 8.20. The van der Waals surface area contributed by atoms with E-state index >= 15 is 0 Å². The Morgan fingerprint density at radius 2 is 1.80 bits per heavy atom. The van der Waals surface area contributed by atoms with E-state index in [4.69, 9.17) is 0 Å². The van der Waals surface area contributed by atoms with Crippen molar-refractivity contribution < 1.29 is 14.3 Å². The van der Waals surface area contributed by atoms with Crippen LogP contribution in [-0.4, -0.2) is 18.9 Å². The van der Waals surface area contributed by atoms with Gasteiger partial charge in [-0.3, -0.25) is 9.59 Å². The molecule has 4 unspecified atom stereocenters. The summed E-state index contributed by atoms with van der Waals surface area (Å²) < 4.78 is 4.11. The minimum Gasteiger partial charge on any atom is -0.469 e. The van der Waals surface area contributed by atoms with E-state index in [2.05, 4.69) is 25.2 Å². The summed E-state index contributed by atoms with van der Waals surface area (Å²) in [6.07, 6.45) is 9.20. The lowest BCUT2D eigenvalue weighted by Gasteiger charge is -2.56. The predicted molar refractivity (Wildman–Crippen MR) is 98.9 cm³/mol. The molecule has 0 saturated heterocycles. The maximum Gasteiger partial charge on any atom is 0.302 e. The molecule has 0 N–H and O–H groups in total. The Morgan fingerprint density at radius 3 is 2.44 bits per heavy atom. The van der Waals surface area contributed by atoms with E-state index in [0.717, 1.165) is 23.3 Å². The largest absolute Gasteiger partial charge is 0.469 e. The number of carbonyl (C=O) groups excluding carboxylic acids is 2. The Kier molecular flexibility index (Phi) is 5.14. The van der Waals surface area contributed by atoms with Crippen LogP contribution in [0.4, 0.5) is 0 Å². The summed E-state index contributed by atoms with van der Waals surface area (Å²) in [7, 11) is 1.35. The Morgan fingerprint density at radius 1 is 1.12 bits per heavy atom. The standard InChI is InChI=1S/C19H28O.C3H6O2/c1-11-5-4-6-16-14(11)9-10-19-13(3)15(7-8-17(16)19)12(2)18(19)20;1-3(4)5-2/h11,13-17H,2,4-10H2,1,3H3;1-2H3/t11-,13?,14?,15-,16?,17?,19+;/m0./s1. The first-order valence-corrected chi connectivity index (χ1v) is 10.1. The summed E-state index contributed by atoms with van der Waals surface area (Å²) in [4.78, 5) is 22.6. The quantitative estimate of drug-likeness (QED) is 0.467. The Hall–Kier alpha value is -1.12. The summed E-state index contributed by atoms with van der Waals surface area (Å²) in [5, 5.41) is 0. The van der Waals surface area contributed by atoms with Crippen molar-refractivity contribution in [3.8, 4) is 0 Å². The number of hydrogen-bond acceptors (Lipinski definition) is 3. The van der Waals surface area contributed by atoms with E-state index in [9.17, 15) is 9.59 Å². The van der Waals surface area contributed by atoms with Crippen LogP contribution >= 0.6 is 0 Å². The van der Waals surface area contributed by atoms with E-state index in [1.165, 1.54) is 59.0 Å². The van der Waals surface area contributed by atoms with Gasteiger partial charge in [-0.1, -0.05) is 33.3 Å². The van der Waals surface area contributed by atoms with Gasteiger partial charge in [-0.05, 0) is 73.2 Å². The number of methoxy groups -OCH3 is 1. The van der Waals surface area contributed by atoms with Crippen molar-refractivity contribution in [2.75, 3.05) is 7.11 Å². The molecular weight excluding hydrogens is 312 g/mol. The van der Waals surface area contributed by atoms with Gasteiger partial charge in [0.1, 0.15) is 0 Å². The molecule has 2 bridgehead atoms. The van der Waals surface area contributed by atoms with Gasteiger partial charge in [0.05, 0.1) is 7.11 Å². The number of rotatable bonds is 0. The zero-order valence-corrected chi connectivity index (χ0v) is 16.3. The van der Waals surface area contributed by atoms with E-state index < -0.39 is 0 Å². The average molecular weight is 347 g/mol. The summed E-state index contributed by atoms with van der Waals surface area (Å²) >= 11 is 0. The first-order chi connectivity index (χ1) is 11.8. The van der Waals surface area contributed by atoms with E-state index in [1.54, 1.807) is 0 Å². The van der Waals surface area contributed by atoms with Gasteiger partial charge in [0.2, 0.25) is 0 Å². The smallest absolute Gasteiger partial charge is 0.302 e. The van der Waals surface area contributed by atoms with Crippen molar-refractivity contribution in [3.63, 3.8) is 0 Å². The van der Waals surface area contributed by atoms with Gasteiger partial charge in [0.25, 0.3) is 0 Å². The third kappa shape index (κ3) is 2.78. The molecule has 0 radical (unpaired) electrons. The maximum atomic E-state index is 13.0. The Balaban J connectivity index is 0.000000324. The Labute approximate surface area is 152 Å². The molecule has 3 heteroatoms. The molecule has 3 nitrogen and oxygen atoms in total. The topological polar surface area (TPSA) is 43.4 Å². The van der Waals surface area contributed by atoms with Crippen LogP contribution in [0.25, 0.3) is 0 Å². The lowest BCUT2D eigenvalue weighted by molar-refractivity contribution is -0.142. The number of ether oxygens (including phenoxy) is 1. The molecule has 4 rings (SSSR count). The van der Waals surface area contributed by atoms with Gasteiger partial charge < -0.3 is 4.74 Å². The van der Waals surface area contributed by atoms with Gasteiger partial charge in [-0.25, -0.2) is 0 Å². The molecule has 4 aliphatic carbocycles. The van der Waals surface area contributed by atoms with Gasteiger partial charge in [0, 0.05) is 12.3 Å². The highest BCUT2D eigenvalue weighted by atomic mass is 16.5. The number of fused-ring (bicyclic) bond motifs is 3. The highest BCUT2D eigenvalue weighted by Gasteiger charge is 2.64. The molecule has 1 spiro atoms. The predicted octanol–water partition coefficient (Wildman–Crippen LogP) is 4.80. The summed E-state index contributed by atoms with van der Waals surface area (Å²) in [5.74, 6) is 4.63. The van der Waals surface area contributed by atoms with Crippen molar-refractivity contribution in [2.45, 2.75) is 65.7 Å². The van der Waals surface area contributed by atoms with Crippen LogP contribution in [0.15, 0.2) is 12.2 Å². The molecular formula is C22H34O3. The summed E-state index contributed by atoms with van der Waals surface area (Å²) in [6.45, 7) is 10.4. The fourth-order valence-corrected chi connectivity index (χ4v) is 6.93. The van der Waals surface area contributed by atoms with Crippen LogP contribution in [0.3, 0.4) is 0 Å². The molecule has 0 aromatic rings. The van der Waals surface area contributed by atoms with E-state index in [0.29, 0.717) is 23.5 Å².